The first-order chi connectivity index (χ1) is 13.4. The summed E-state index contributed by atoms with van der Waals surface area (Å²) in [6, 6.07) is 1.94. The number of aromatic nitrogens is 2. The van der Waals surface area contributed by atoms with Crippen molar-refractivity contribution >= 4 is 16.9 Å². The monoisotopic (exact) mass is 413 g/mol. The Balaban J connectivity index is 2.41. The van der Waals surface area contributed by atoms with Gasteiger partial charge in [0.1, 0.15) is 6.04 Å². The minimum Gasteiger partial charge on any atom is -0.379 e. The van der Waals surface area contributed by atoms with Crippen LogP contribution >= 0.6 is 0 Å². The zero-order valence-corrected chi connectivity index (χ0v) is 17.2. The van der Waals surface area contributed by atoms with E-state index in [0.29, 0.717) is 13.0 Å². The minimum absolute atomic E-state index is 0.0185. The van der Waals surface area contributed by atoms with E-state index in [1.807, 2.05) is 13.8 Å². The van der Waals surface area contributed by atoms with Gasteiger partial charge in [-0.15, -0.1) is 0 Å². The third kappa shape index (κ3) is 5.35. The summed E-state index contributed by atoms with van der Waals surface area (Å²) in [5, 5.41) is 2.65. The van der Waals surface area contributed by atoms with E-state index in [-0.39, 0.29) is 23.7 Å². The maximum absolute atomic E-state index is 13.4. The van der Waals surface area contributed by atoms with Crippen molar-refractivity contribution in [2.45, 2.75) is 59.4 Å². The number of aryl methyl sites for hydroxylation is 2. The lowest BCUT2D eigenvalue weighted by Gasteiger charge is -2.20. The number of alkyl halides is 3. The molecule has 0 saturated heterocycles. The molecule has 1 aromatic carbocycles. The number of fused-ring (bicyclic) bond motifs is 1. The molecule has 0 bridgehead atoms. The Hall–Kier alpha value is -2.42. The summed E-state index contributed by atoms with van der Waals surface area (Å²) >= 11 is 0. The van der Waals surface area contributed by atoms with Crippen molar-refractivity contribution < 1.29 is 22.7 Å². The summed E-state index contributed by atoms with van der Waals surface area (Å²) < 4.78 is 46.3. The molecule has 1 N–H and O–H groups in total. The quantitative estimate of drug-likeness (QED) is 0.705. The molecule has 0 radical (unpaired) electrons. The lowest BCUT2D eigenvalue weighted by molar-refractivity contribution is -0.142. The van der Waals surface area contributed by atoms with E-state index in [1.54, 1.807) is 19.9 Å². The van der Waals surface area contributed by atoms with Crippen molar-refractivity contribution in [3.8, 4) is 0 Å². The smallest absolute Gasteiger partial charge is 0.379 e. The molecule has 1 aromatic heterocycles. The molecule has 2 aromatic rings. The van der Waals surface area contributed by atoms with Crippen LogP contribution in [0, 0.1) is 13.8 Å². The van der Waals surface area contributed by atoms with E-state index in [9.17, 15) is 22.8 Å². The van der Waals surface area contributed by atoms with Crippen LogP contribution in [0.3, 0.4) is 0 Å². The van der Waals surface area contributed by atoms with Crippen LogP contribution in [0.15, 0.2) is 16.9 Å². The van der Waals surface area contributed by atoms with Crippen molar-refractivity contribution in [2.75, 3.05) is 13.2 Å². The van der Waals surface area contributed by atoms with E-state index in [2.05, 4.69) is 10.3 Å². The standard InChI is InChI=1S/C20H26F3N3O3/c1-11(2)29-8-6-7-24-18(27)14(5)26-16-10-13(4)12(3)9-15(16)25-17(19(26)28)20(21,22)23/h9-11,14H,6-8H2,1-5H3,(H,24,27)/t14-/m1/s1. The zero-order chi connectivity index (χ0) is 21.9. The maximum Gasteiger partial charge on any atom is 0.438 e. The van der Waals surface area contributed by atoms with Gasteiger partial charge in [0.15, 0.2) is 0 Å². The number of nitrogens with zero attached hydrogens (tertiary/aromatic N) is 2. The van der Waals surface area contributed by atoms with Crippen molar-refractivity contribution in [1.82, 2.24) is 14.9 Å². The van der Waals surface area contributed by atoms with Gasteiger partial charge in [-0.05, 0) is 64.3 Å². The Morgan fingerprint density at radius 1 is 1.21 bits per heavy atom. The fourth-order valence-electron chi connectivity index (χ4n) is 2.90. The highest BCUT2D eigenvalue weighted by Gasteiger charge is 2.38. The van der Waals surface area contributed by atoms with Crippen LogP contribution in [0.25, 0.3) is 11.0 Å². The molecule has 1 amide bonds. The van der Waals surface area contributed by atoms with E-state index in [0.717, 1.165) is 15.7 Å². The van der Waals surface area contributed by atoms with Crippen LogP contribution in [0.5, 0.6) is 0 Å². The Morgan fingerprint density at radius 2 is 1.83 bits per heavy atom. The van der Waals surface area contributed by atoms with Crippen LogP contribution in [-0.4, -0.2) is 34.7 Å². The van der Waals surface area contributed by atoms with Gasteiger partial charge in [-0.2, -0.15) is 13.2 Å². The second kappa shape index (κ2) is 8.94. The van der Waals surface area contributed by atoms with Crippen molar-refractivity contribution in [3.05, 3.63) is 39.3 Å². The molecule has 29 heavy (non-hydrogen) atoms. The molecule has 0 aliphatic carbocycles. The van der Waals surface area contributed by atoms with Gasteiger partial charge in [0.05, 0.1) is 17.1 Å². The van der Waals surface area contributed by atoms with Crippen LogP contribution < -0.4 is 10.9 Å². The van der Waals surface area contributed by atoms with Crippen molar-refractivity contribution in [2.24, 2.45) is 0 Å². The molecule has 0 aliphatic heterocycles. The Bertz CT molecular complexity index is 952. The van der Waals surface area contributed by atoms with E-state index >= 15 is 0 Å². The van der Waals surface area contributed by atoms with Crippen LogP contribution in [0.4, 0.5) is 13.2 Å². The summed E-state index contributed by atoms with van der Waals surface area (Å²) in [7, 11) is 0. The fraction of sp³-hybridized carbons (Fsp3) is 0.550. The lowest BCUT2D eigenvalue weighted by atomic mass is 10.1. The van der Waals surface area contributed by atoms with Crippen LogP contribution in [0.2, 0.25) is 0 Å². The molecule has 0 spiro atoms. The van der Waals surface area contributed by atoms with Crippen LogP contribution in [0.1, 0.15) is 50.1 Å². The molecule has 2 rings (SSSR count). The number of amides is 1. The second-order valence-corrected chi connectivity index (χ2v) is 7.30. The number of hydrogen-bond donors (Lipinski definition) is 1. The molecule has 160 valence electrons. The van der Waals surface area contributed by atoms with Gasteiger partial charge in [0.2, 0.25) is 11.6 Å². The summed E-state index contributed by atoms with van der Waals surface area (Å²) in [6.07, 6.45) is -4.30. The third-order valence-corrected chi connectivity index (χ3v) is 4.61. The molecule has 6 nitrogen and oxygen atoms in total. The van der Waals surface area contributed by atoms with Gasteiger partial charge in [0.25, 0.3) is 5.56 Å². The van der Waals surface area contributed by atoms with E-state index < -0.39 is 29.4 Å². The van der Waals surface area contributed by atoms with Crippen LogP contribution in [-0.2, 0) is 15.7 Å². The zero-order valence-electron chi connectivity index (χ0n) is 17.2. The average molecular weight is 413 g/mol. The number of rotatable bonds is 7. The summed E-state index contributed by atoms with van der Waals surface area (Å²) in [5.74, 6) is -0.546. The number of carbonyl (C=O) groups excluding carboxylic acids is 1. The number of nitrogens with one attached hydrogen (secondary N) is 1. The summed E-state index contributed by atoms with van der Waals surface area (Å²) in [4.78, 5) is 28.7. The normalized spacial score (nSPS) is 13.1. The fourth-order valence-corrected chi connectivity index (χ4v) is 2.90. The number of halogens is 3. The van der Waals surface area contributed by atoms with E-state index in [1.165, 1.54) is 13.0 Å². The Labute approximate surface area is 167 Å². The van der Waals surface area contributed by atoms with E-state index in [4.69, 9.17) is 4.74 Å². The van der Waals surface area contributed by atoms with Gasteiger partial charge in [-0.3, -0.25) is 14.2 Å². The van der Waals surface area contributed by atoms with Gasteiger partial charge >= 0.3 is 6.18 Å². The third-order valence-electron chi connectivity index (χ3n) is 4.61. The molecule has 1 heterocycles. The highest BCUT2D eigenvalue weighted by molar-refractivity contribution is 5.84. The first-order valence-corrected chi connectivity index (χ1v) is 9.43. The molecular formula is C20H26F3N3O3. The maximum atomic E-state index is 13.4. The van der Waals surface area contributed by atoms with Gasteiger partial charge < -0.3 is 10.1 Å². The molecule has 0 fully saturated rings. The minimum atomic E-state index is -4.92. The average Bonchev–Trinajstić information content (AvgIpc) is 2.60. The predicted octanol–water partition coefficient (Wildman–Crippen LogP) is 3.52. The number of benzene rings is 1. The largest absolute Gasteiger partial charge is 0.438 e. The lowest BCUT2D eigenvalue weighted by Crippen LogP contribution is -2.39. The van der Waals surface area contributed by atoms with Crippen molar-refractivity contribution in [3.63, 3.8) is 0 Å². The highest BCUT2D eigenvalue weighted by atomic mass is 19.4. The molecule has 0 aliphatic rings. The Kier molecular flexibility index (Phi) is 7.05. The molecular weight excluding hydrogens is 387 g/mol. The number of ether oxygens (including phenoxy) is 1. The summed E-state index contributed by atoms with van der Waals surface area (Å²) in [5.41, 5.74) is -1.13. The number of carbonyl (C=O) groups is 1. The highest BCUT2D eigenvalue weighted by Crippen LogP contribution is 2.28. The predicted molar refractivity (Wildman–Crippen MR) is 104 cm³/mol. The topological polar surface area (TPSA) is 73.2 Å². The first-order valence-electron chi connectivity index (χ1n) is 9.43. The Morgan fingerprint density at radius 3 is 2.41 bits per heavy atom. The van der Waals surface area contributed by atoms with Gasteiger partial charge in [-0.25, -0.2) is 4.98 Å². The molecule has 9 heteroatoms. The van der Waals surface area contributed by atoms with Crippen molar-refractivity contribution in [1.29, 1.82) is 0 Å². The molecule has 1 atom stereocenters. The second-order valence-electron chi connectivity index (χ2n) is 7.30. The first kappa shape index (κ1) is 22.9. The van der Waals surface area contributed by atoms with Gasteiger partial charge in [-0.1, -0.05) is 0 Å². The summed E-state index contributed by atoms with van der Waals surface area (Å²) in [6.45, 7) is 9.44. The molecule has 0 saturated carbocycles. The number of hydrogen-bond acceptors (Lipinski definition) is 4. The SMILES string of the molecule is Cc1cc2nc(C(F)(F)F)c(=O)n([C@H](C)C(=O)NCCCOC(C)C)c2cc1C. The molecule has 0 unspecified atom stereocenters. The van der Waals surface area contributed by atoms with Gasteiger partial charge in [0, 0.05) is 13.2 Å².